The van der Waals surface area contributed by atoms with Crippen molar-refractivity contribution in [1.82, 2.24) is 15.3 Å². The Morgan fingerprint density at radius 2 is 1.76 bits per heavy atom. The predicted octanol–water partition coefficient (Wildman–Crippen LogP) is 4.12. The number of hydrogen-bond donors (Lipinski definition) is 2. The van der Waals surface area contributed by atoms with E-state index in [0.717, 1.165) is 5.69 Å². The maximum absolute atomic E-state index is 13.6. The zero-order chi connectivity index (χ0) is 20.6. The average Bonchev–Trinajstić information content (AvgIpc) is 2.71. The molecule has 6 nitrogen and oxygen atoms in total. The Morgan fingerprint density at radius 1 is 1.07 bits per heavy atom. The molecule has 0 fully saturated rings. The van der Waals surface area contributed by atoms with Gasteiger partial charge in [-0.05, 0) is 44.0 Å². The lowest BCUT2D eigenvalue weighted by Gasteiger charge is -2.14. The number of hydrogen-bond acceptors (Lipinski definition) is 5. The van der Waals surface area contributed by atoms with Gasteiger partial charge in [-0.15, -0.1) is 0 Å². The highest BCUT2D eigenvalue weighted by molar-refractivity contribution is 5.93. The lowest BCUT2D eigenvalue weighted by Crippen LogP contribution is -2.26. The number of nitrogens with one attached hydrogen (secondary N) is 2. The van der Waals surface area contributed by atoms with E-state index < -0.39 is 0 Å². The maximum Gasteiger partial charge on any atom is 0.254 e. The van der Waals surface area contributed by atoms with E-state index in [1.807, 2.05) is 38.1 Å². The molecule has 0 aliphatic carbocycles. The molecule has 0 aliphatic heterocycles. The third-order valence-electron chi connectivity index (χ3n) is 4.05. The molecule has 0 saturated carbocycles. The standard InChI is InChI=1S/C22H23FN4O2/c1-15(2)29-20-10-6-5-9-19(20)27-22-25-13-17(14-26-22)21(28)24-12-11-16-7-3-4-8-18(16)23/h3-10,13-15H,11-12H2,1-2H3,(H,24,28)(H,25,26,27). The van der Waals surface area contributed by atoms with Crippen LogP contribution in [0.25, 0.3) is 0 Å². The number of ether oxygens (including phenoxy) is 1. The Bertz CT molecular complexity index is 961. The van der Waals surface area contributed by atoms with Crippen molar-refractivity contribution in [3.8, 4) is 5.75 Å². The highest BCUT2D eigenvalue weighted by Crippen LogP contribution is 2.26. The van der Waals surface area contributed by atoms with Crippen molar-refractivity contribution in [3.63, 3.8) is 0 Å². The molecule has 0 unspecified atom stereocenters. The third-order valence-corrected chi connectivity index (χ3v) is 4.05. The second kappa shape index (κ2) is 9.64. The number of nitrogens with zero attached hydrogens (tertiary/aromatic N) is 2. The van der Waals surface area contributed by atoms with Gasteiger partial charge in [0, 0.05) is 18.9 Å². The second-order valence-corrected chi connectivity index (χ2v) is 6.68. The van der Waals surface area contributed by atoms with Gasteiger partial charge in [0.1, 0.15) is 11.6 Å². The van der Waals surface area contributed by atoms with Crippen LogP contribution >= 0.6 is 0 Å². The molecule has 1 amide bonds. The average molecular weight is 394 g/mol. The minimum atomic E-state index is -0.309. The van der Waals surface area contributed by atoms with Crippen molar-refractivity contribution >= 4 is 17.5 Å². The van der Waals surface area contributed by atoms with Gasteiger partial charge in [-0.25, -0.2) is 14.4 Å². The lowest BCUT2D eigenvalue weighted by atomic mass is 10.1. The highest BCUT2D eigenvalue weighted by Gasteiger charge is 2.10. The Kier molecular flexibility index (Phi) is 6.73. The van der Waals surface area contributed by atoms with E-state index in [2.05, 4.69) is 20.6 Å². The number of carbonyl (C=O) groups excluding carboxylic acids is 1. The van der Waals surface area contributed by atoms with E-state index in [4.69, 9.17) is 4.74 Å². The number of anilines is 2. The fourth-order valence-corrected chi connectivity index (χ4v) is 2.67. The number of benzene rings is 2. The summed E-state index contributed by atoms with van der Waals surface area (Å²) >= 11 is 0. The van der Waals surface area contributed by atoms with Gasteiger partial charge in [0.05, 0.1) is 17.4 Å². The minimum Gasteiger partial charge on any atom is -0.489 e. The van der Waals surface area contributed by atoms with Crippen LogP contribution < -0.4 is 15.4 Å². The van der Waals surface area contributed by atoms with E-state index in [-0.39, 0.29) is 17.8 Å². The minimum absolute atomic E-state index is 0.0364. The molecular formula is C22H23FN4O2. The van der Waals surface area contributed by atoms with Gasteiger partial charge < -0.3 is 15.4 Å². The molecule has 0 aliphatic rings. The van der Waals surface area contributed by atoms with Gasteiger partial charge in [-0.2, -0.15) is 0 Å². The summed E-state index contributed by atoms with van der Waals surface area (Å²) in [4.78, 5) is 20.6. The Balaban J connectivity index is 1.57. The number of amides is 1. The van der Waals surface area contributed by atoms with Crippen LogP contribution in [0.2, 0.25) is 0 Å². The molecule has 0 saturated heterocycles. The first kappa shape index (κ1) is 20.3. The van der Waals surface area contributed by atoms with Crippen molar-refractivity contribution in [1.29, 1.82) is 0 Å². The number of carbonyl (C=O) groups is 1. The number of para-hydroxylation sites is 2. The molecule has 29 heavy (non-hydrogen) atoms. The Labute approximate surface area is 169 Å². The zero-order valence-corrected chi connectivity index (χ0v) is 16.4. The van der Waals surface area contributed by atoms with Gasteiger partial charge in [0.25, 0.3) is 5.91 Å². The van der Waals surface area contributed by atoms with Crippen molar-refractivity contribution in [2.24, 2.45) is 0 Å². The monoisotopic (exact) mass is 394 g/mol. The van der Waals surface area contributed by atoms with Crippen LogP contribution in [0.4, 0.5) is 16.0 Å². The van der Waals surface area contributed by atoms with Crippen LogP contribution in [-0.2, 0) is 6.42 Å². The summed E-state index contributed by atoms with van der Waals surface area (Å²) in [5, 5.41) is 5.84. The normalized spacial score (nSPS) is 10.6. The smallest absolute Gasteiger partial charge is 0.254 e. The molecule has 150 valence electrons. The number of aromatic nitrogens is 2. The fraction of sp³-hybridized carbons (Fsp3) is 0.227. The summed E-state index contributed by atoms with van der Waals surface area (Å²) in [7, 11) is 0. The predicted molar refractivity (Wildman–Crippen MR) is 110 cm³/mol. The van der Waals surface area contributed by atoms with Crippen LogP contribution in [0.1, 0.15) is 29.8 Å². The van der Waals surface area contributed by atoms with Gasteiger partial charge in [-0.3, -0.25) is 4.79 Å². The Hall–Kier alpha value is -3.48. The van der Waals surface area contributed by atoms with Crippen LogP contribution in [0.5, 0.6) is 5.75 Å². The number of halogens is 1. The first-order valence-electron chi connectivity index (χ1n) is 9.39. The molecule has 0 atom stereocenters. The van der Waals surface area contributed by atoms with E-state index in [1.165, 1.54) is 18.5 Å². The highest BCUT2D eigenvalue weighted by atomic mass is 19.1. The molecule has 0 radical (unpaired) electrons. The van der Waals surface area contributed by atoms with Crippen molar-refractivity contribution in [2.75, 3.05) is 11.9 Å². The van der Waals surface area contributed by atoms with Crippen LogP contribution in [0.15, 0.2) is 60.9 Å². The molecule has 0 bridgehead atoms. The third kappa shape index (κ3) is 5.75. The largest absolute Gasteiger partial charge is 0.489 e. The summed E-state index contributed by atoms with van der Waals surface area (Å²) in [5.74, 6) is 0.465. The SMILES string of the molecule is CC(C)Oc1ccccc1Nc1ncc(C(=O)NCCc2ccccc2F)cn1. The fourth-order valence-electron chi connectivity index (χ4n) is 2.67. The van der Waals surface area contributed by atoms with E-state index in [0.29, 0.717) is 35.8 Å². The lowest BCUT2D eigenvalue weighted by molar-refractivity contribution is 0.0953. The summed E-state index contributed by atoms with van der Waals surface area (Å²) in [6, 6.07) is 14.0. The summed E-state index contributed by atoms with van der Waals surface area (Å²) in [6.07, 6.45) is 3.33. The summed E-state index contributed by atoms with van der Waals surface area (Å²) in [6.45, 7) is 4.22. The summed E-state index contributed by atoms with van der Waals surface area (Å²) < 4.78 is 19.4. The number of rotatable bonds is 8. The molecule has 3 rings (SSSR count). The molecule has 1 aromatic heterocycles. The summed E-state index contributed by atoms with van der Waals surface area (Å²) in [5.41, 5.74) is 1.63. The van der Waals surface area contributed by atoms with E-state index in [1.54, 1.807) is 18.2 Å². The van der Waals surface area contributed by atoms with Crippen molar-refractivity contribution < 1.29 is 13.9 Å². The zero-order valence-electron chi connectivity index (χ0n) is 16.4. The van der Waals surface area contributed by atoms with Crippen molar-refractivity contribution in [2.45, 2.75) is 26.4 Å². The van der Waals surface area contributed by atoms with Gasteiger partial charge >= 0.3 is 0 Å². The van der Waals surface area contributed by atoms with Crippen LogP contribution in [-0.4, -0.2) is 28.5 Å². The van der Waals surface area contributed by atoms with Gasteiger partial charge in [0.2, 0.25) is 5.95 Å². The molecule has 2 aromatic carbocycles. The van der Waals surface area contributed by atoms with E-state index >= 15 is 0 Å². The van der Waals surface area contributed by atoms with Gasteiger partial charge in [0.15, 0.2) is 0 Å². The van der Waals surface area contributed by atoms with Crippen LogP contribution in [0.3, 0.4) is 0 Å². The topological polar surface area (TPSA) is 76.1 Å². The van der Waals surface area contributed by atoms with Crippen LogP contribution in [0, 0.1) is 5.82 Å². The molecule has 1 heterocycles. The molecular weight excluding hydrogens is 371 g/mol. The van der Waals surface area contributed by atoms with E-state index in [9.17, 15) is 9.18 Å². The molecule has 2 N–H and O–H groups in total. The first-order chi connectivity index (χ1) is 14.0. The van der Waals surface area contributed by atoms with Gasteiger partial charge in [-0.1, -0.05) is 30.3 Å². The quantitative estimate of drug-likeness (QED) is 0.601. The maximum atomic E-state index is 13.6. The molecule has 7 heteroatoms. The second-order valence-electron chi connectivity index (χ2n) is 6.68. The molecule has 3 aromatic rings. The Morgan fingerprint density at radius 3 is 2.48 bits per heavy atom. The molecule has 0 spiro atoms. The van der Waals surface area contributed by atoms with Crippen molar-refractivity contribution in [3.05, 3.63) is 77.9 Å². The first-order valence-corrected chi connectivity index (χ1v) is 9.39.